The van der Waals surface area contributed by atoms with Gasteiger partial charge in [-0.3, -0.25) is 9.59 Å². The van der Waals surface area contributed by atoms with Crippen molar-refractivity contribution < 1.29 is 14.7 Å². The van der Waals surface area contributed by atoms with Gasteiger partial charge in [0.2, 0.25) is 5.91 Å². The van der Waals surface area contributed by atoms with Gasteiger partial charge in [-0.15, -0.1) is 11.3 Å². The third kappa shape index (κ3) is 5.58. The number of nitrogens with zero attached hydrogens (tertiary/aromatic N) is 1. The summed E-state index contributed by atoms with van der Waals surface area (Å²) in [4.78, 5) is 28.4. The maximum absolute atomic E-state index is 12.4. The van der Waals surface area contributed by atoms with Crippen molar-refractivity contribution in [2.75, 3.05) is 5.32 Å². The van der Waals surface area contributed by atoms with Gasteiger partial charge in [0.15, 0.2) is 5.13 Å². The Bertz CT molecular complexity index is 563. The molecule has 2 rings (SSSR count). The molecule has 1 fully saturated rings. The van der Waals surface area contributed by atoms with Gasteiger partial charge in [0.25, 0.3) is 0 Å². The Morgan fingerprint density at radius 2 is 2.00 bits per heavy atom. The average Bonchev–Trinajstić information content (AvgIpc) is 2.90. The molecule has 0 saturated heterocycles. The highest BCUT2D eigenvalue weighted by molar-refractivity contribution is 7.15. The van der Waals surface area contributed by atoms with Crippen LogP contribution >= 0.6 is 11.3 Å². The average molecular weight is 353 g/mol. The quantitative estimate of drug-likeness (QED) is 0.726. The van der Waals surface area contributed by atoms with E-state index in [2.05, 4.69) is 17.2 Å². The smallest absolute Gasteiger partial charge is 0.303 e. The number of hydrogen-bond donors (Lipinski definition) is 2. The minimum Gasteiger partial charge on any atom is -0.481 e. The van der Waals surface area contributed by atoms with Crippen LogP contribution in [0.5, 0.6) is 0 Å². The van der Waals surface area contributed by atoms with Crippen LogP contribution in [0.25, 0.3) is 0 Å². The standard InChI is InChI=1S/C18H28N2O3S/c1-3-4-5-13-6-8-14(9-7-13)17(23)20-18-19-12(2)15(24-18)10-11-16(21)22/h13-14H,3-11H2,1-2H3,(H,21,22)(H,19,20,23). The Balaban J connectivity index is 1.82. The molecule has 24 heavy (non-hydrogen) atoms. The van der Waals surface area contributed by atoms with Crippen LogP contribution in [0.3, 0.4) is 0 Å². The number of amides is 1. The molecule has 2 N–H and O–H groups in total. The van der Waals surface area contributed by atoms with E-state index < -0.39 is 5.97 Å². The van der Waals surface area contributed by atoms with E-state index in [0.717, 1.165) is 42.2 Å². The molecule has 1 saturated carbocycles. The van der Waals surface area contributed by atoms with Gasteiger partial charge in [-0.05, 0) is 44.9 Å². The van der Waals surface area contributed by atoms with E-state index in [1.54, 1.807) is 0 Å². The van der Waals surface area contributed by atoms with Crippen molar-refractivity contribution in [3.8, 4) is 0 Å². The Kier molecular flexibility index (Phi) is 7.21. The van der Waals surface area contributed by atoms with Crippen molar-refractivity contribution in [1.29, 1.82) is 0 Å². The monoisotopic (exact) mass is 352 g/mol. The van der Waals surface area contributed by atoms with E-state index in [9.17, 15) is 9.59 Å². The number of aliphatic carboxylic acids is 1. The topological polar surface area (TPSA) is 79.3 Å². The van der Waals surface area contributed by atoms with Gasteiger partial charge in [0, 0.05) is 10.8 Å². The predicted molar refractivity (Wildman–Crippen MR) is 96.4 cm³/mol. The number of rotatable bonds is 8. The number of aromatic nitrogens is 1. The number of carboxylic acid groups (broad SMARTS) is 1. The fraction of sp³-hybridized carbons (Fsp3) is 0.722. The largest absolute Gasteiger partial charge is 0.481 e. The first-order chi connectivity index (χ1) is 11.5. The Labute approximate surface area is 147 Å². The number of carbonyl (C=O) groups is 2. The predicted octanol–water partition coefficient (Wildman–Crippen LogP) is 4.40. The lowest BCUT2D eigenvalue weighted by Crippen LogP contribution is -2.27. The van der Waals surface area contributed by atoms with Crippen LogP contribution < -0.4 is 5.32 Å². The second-order valence-electron chi connectivity index (χ2n) is 6.77. The zero-order chi connectivity index (χ0) is 17.5. The van der Waals surface area contributed by atoms with Gasteiger partial charge in [0.1, 0.15) is 0 Å². The zero-order valence-electron chi connectivity index (χ0n) is 14.6. The van der Waals surface area contributed by atoms with Gasteiger partial charge in [-0.1, -0.05) is 26.2 Å². The third-order valence-corrected chi connectivity index (χ3v) is 6.00. The molecule has 1 aliphatic rings. The molecule has 0 radical (unpaired) electrons. The van der Waals surface area contributed by atoms with E-state index in [0.29, 0.717) is 11.6 Å². The summed E-state index contributed by atoms with van der Waals surface area (Å²) >= 11 is 1.40. The molecular formula is C18H28N2O3S. The molecule has 5 nitrogen and oxygen atoms in total. The minimum absolute atomic E-state index is 0.0717. The van der Waals surface area contributed by atoms with E-state index in [1.165, 1.54) is 30.6 Å². The summed E-state index contributed by atoms with van der Waals surface area (Å²) in [5.74, 6) is 0.143. The van der Waals surface area contributed by atoms with Crippen LogP contribution in [0.2, 0.25) is 0 Å². The Morgan fingerprint density at radius 1 is 1.29 bits per heavy atom. The number of thiazole rings is 1. The van der Waals surface area contributed by atoms with E-state index in [-0.39, 0.29) is 18.2 Å². The molecule has 1 aromatic rings. The summed E-state index contributed by atoms with van der Waals surface area (Å²) in [7, 11) is 0. The molecular weight excluding hydrogens is 324 g/mol. The highest BCUT2D eigenvalue weighted by atomic mass is 32.1. The lowest BCUT2D eigenvalue weighted by Gasteiger charge is -2.27. The van der Waals surface area contributed by atoms with Crippen molar-refractivity contribution >= 4 is 28.3 Å². The number of carbonyl (C=O) groups excluding carboxylic acids is 1. The third-order valence-electron chi connectivity index (χ3n) is 4.87. The maximum Gasteiger partial charge on any atom is 0.303 e. The lowest BCUT2D eigenvalue weighted by molar-refractivity contribution is -0.137. The fourth-order valence-electron chi connectivity index (χ4n) is 3.35. The Hall–Kier alpha value is -1.43. The molecule has 0 unspecified atom stereocenters. The summed E-state index contributed by atoms with van der Waals surface area (Å²) in [6.07, 6.45) is 8.64. The number of unbranched alkanes of at least 4 members (excludes halogenated alkanes) is 1. The van der Waals surface area contributed by atoms with Crippen LogP contribution in [-0.4, -0.2) is 22.0 Å². The zero-order valence-corrected chi connectivity index (χ0v) is 15.5. The molecule has 1 aliphatic carbocycles. The van der Waals surface area contributed by atoms with Crippen LogP contribution in [0.4, 0.5) is 5.13 Å². The number of anilines is 1. The van der Waals surface area contributed by atoms with E-state index in [4.69, 9.17) is 5.11 Å². The van der Waals surface area contributed by atoms with Gasteiger partial charge in [-0.25, -0.2) is 4.98 Å². The van der Waals surface area contributed by atoms with Gasteiger partial charge in [0.05, 0.1) is 12.1 Å². The highest BCUT2D eigenvalue weighted by Crippen LogP contribution is 2.33. The van der Waals surface area contributed by atoms with E-state index >= 15 is 0 Å². The molecule has 134 valence electrons. The number of nitrogens with one attached hydrogen (secondary N) is 1. The van der Waals surface area contributed by atoms with Gasteiger partial charge >= 0.3 is 5.97 Å². The molecule has 0 atom stereocenters. The van der Waals surface area contributed by atoms with Crippen molar-refractivity contribution in [3.63, 3.8) is 0 Å². The second kappa shape index (κ2) is 9.16. The first-order valence-corrected chi connectivity index (χ1v) is 9.80. The SMILES string of the molecule is CCCCC1CCC(C(=O)Nc2nc(C)c(CCC(=O)O)s2)CC1. The van der Waals surface area contributed by atoms with Gasteiger partial charge < -0.3 is 10.4 Å². The van der Waals surface area contributed by atoms with Gasteiger partial charge in [-0.2, -0.15) is 0 Å². The van der Waals surface area contributed by atoms with Crippen molar-refractivity contribution in [1.82, 2.24) is 4.98 Å². The maximum atomic E-state index is 12.4. The minimum atomic E-state index is -0.812. The summed E-state index contributed by atoms with van der Waals surface area (Å²) in [6.45, 7) is 4.09. The molecule has 0 aliphatic heterocycles. The van der Waals surface area contributed by atoms with E-state index in [1.807, 2.05) is 6.92 Å². The van der Waals surface area contributed by atoms with Crippen LogP contribution in [-0.2, 0) is 16.0 Å². The second-order valence-corrected chi connectivity index (χ2v) is 7.85. The highest BCUT2D eigenvalue weighted by Gasteiger charge is 2.26. The summed E-state index contributed by atoms with van der Waals surface area (Å²) < 4.78 is 0. The summed E-state index contributed by atoms with van der Waals surface area (Å²) in [5.41, 5.74) is 0.819. The van der Waals surface area contributed by atoms with Crippen LogP contribution in [0, 0.1) is 18.8 Å². The normalized spacial score (nSPS) is 20.8. The lowest BCUT2D eigenvalue weighted by atomic mass is 9.79. The number of carboxylic acids is 1. The number of hydrogen-bond acceptors (Lipinski definition) is 4. The first kappa shape index (κ1) is 18.9. The molecule has 1 aromatic heterocycles. The summed E-state index contributed by atoms with van der Waals surface area (Å²) in [6, 6.07) is 0. The number of aryl methyl sites for hydroxylation is 2. The van der Waals surface area contributed by atoms with Crippen molar-refractivity contribution in [2.24, 2.45) is 11.8 Å². The van der Waals surface area contributed by atoms with Crippen molar-refractivity contribution in [3.05, 3.63) is 10.6 Å². The summed E-state index contributed by atoms with van der Waals surface area (Å²) in [5, 5.41) is 12.3. The molecule has 1 heterocycles. The van der Waals surface area contributed by atoms with Crippen molar-refractivity contribution in [2.45, 2.75) is 71.6 Å². The molecule has 0 bridgehead atoms. The molecule has 1 amide bonds. The molecule has 0 aromatic carbocycles. The first-order valence-electron chi connectivity index (χ1n) is 8.98. The fourth-order valence-corrected chi connectivity index (χ4v) is 4.31. The molecule has 6 heteroatoms. The Morgan fingerprint density at radius 3 is 2.62 bits per heavy atom. The van der Waals surface area contributed by atoms with Crippen LogP contribution in [0.15, 0.2) is 0 Å². The molecule has 0 spiro atoms. The van der Waals surface area contributed by atoms with Crippen LogP contribution in [0.1, 0.15) is 68.9 Å².